The summed E-state index contributed by atoms with van der Waals surface area (Å²) in [5.41, 5.74) is 3.25. The van der Waals surface area contributed by atoms with Crippen molar-refractivity contribution in [2.24, 2.45) is 5.92 Å². The Morgan fingerprint density at radius 3 is 2.62 bits per heavy atom. The first-order chi connectivity index (χ1) is 12.7. The molecule has 136 valence electrons. The van der Waals surface area contributed by atoms with Crippen LogP contribution in [-0.2, 0) is 11.3 Å². The first kappa shape index (κ1) is 18.2. The van der Waals surface area contributed by atoms with E-state index < -0.39 is 0 Å². The van der Waals surface area contributed by atoms with E-state index in [1.807, 2.05) is 54.9 Å². The molecule has 4 nitrogen and oxygen atoms in total. The zero-order valence-electron chi connectivity index (χ0n) is 15.6. The molecule has 0 bridgehead atoms. The van der Waals surface area contributed by atoms with E-state index in [4.69, 9.17) is 0 Å². The SMILES string of the molecule is CCC(C)C(C(=O)NCCCn1cnc2ccccc21)c1ccccc1. The standard InChI is InChI=1S/C22H27N3O/c1-3-17(2)21(18-10-5-4-6-11-18)22(26)23-14-9-15-25-16-24-19-12-7-8-13-20(19)25/h4-8,10-13,16-17,21H,3,9,14-15H2,1-2H3,(H,23,26). The van der Waals surface area contributed by atoms with Gasteiger partial charge in [-0.15, -0.1) is 0 Å². The van der Waals surface area contributed by atoms with Gasteiger partial charge in [0, 0.05) is 13.1 Å². The Morgan fingerprint density at radius 1 is 1.12 bits per heavy atom. The number of aryl methyl sites for hydroxylation is 1. The fourth-order valence-electron chi connectivity index (χ4n) is 3.39. The highest BCUT2D eigenvalue weighted by atomic mass is 16.1. The van der Waals surface area contributed by atoms with Crippen molar-refractivity contribution in [3.63, 3.8) is 0 Å². The number of nitrogens with one attached hydrogen (secondary N) is 1. The average molecular weight is 349 g/mol. The van der Waals surface area contributed by atoms with Gasteiger partial charge < -0.3 is 9.88 Å². The minimum absolute atomic E-state index is 0.0877. The van der Waals surface area contributed by atoms with Crippen LogP contribution < -0.4 is 5.32 Å². The minimum Gasteiger partial charge on any atom is -0.355 e. The molecule has 0 aliphatic rings. The predicted octanol–water partition coefficient (Wildman–Crippen LogP) is 4.37. The lowest BCUT2D eigenvalue weighted by atomic mass is 9.85. The van der Waals surface area contributed by atoms with E-state index >= 15 is 0 Å². The summed E-state index contributed by atoms with van der Waals surface area (Å²) in [6, 6.07) is 18.2. The molecule has 0 fully saturated rings. The van der Waals surface area contributed by atoms with Crippen LogP contribution in [0.2, 0.25) is 0 Å². The fourth-order valence-corrected chi connectivity index (χ4v) is 3.39. The van der Waals surface area contributed by atoms with Crippen LogP contribution in [0.15, 0.2) is 60.9 Å². The van der Waals surface area contributed by atoms with E-state index in [2.05, 4.69) is 34.8 Å². The largest absolute Gasteiger partial charge is 0.355 e. The van der Waals surface area contributed by atoms with Crippen molar-refractivity contribution in [1.29, 1.82) is 0 Å². The van der Waals surface area contributed by atoms with Gasteiger partial charge in [0.25, 0.3) is 0 Å². The number of rotatable bonds is 8. The summed E-state index contributed by atoms with van der Waals surface area (Å²) in [7, 11) is 0. The molecule has 2 aromatic carbocycles. The quantitative estimate of drug-likeness (QED) is 0.614. The Morgan fingerprint density at radius 2 is 1.85 bits per heavy atom. The maximum atomic E-state index is 12.8. The van der Waals surface area contributed by atoms with Crippen molar-refractivity contribution >= 4 is 16.9 Å². The van der Waals surface area contributed by atoms with E-state index in [1.165, 1.54) is 0 Å². The highest BCUT2D eigenvalue weighted by Crippen LogP contribution is 2.27. The molecule has 0 saturated carbocycles. The highest BCUT2D eigenvalue weighted by Gasteiger charge is 2.25. The summed E-state index contributed by atoms with van der Waals surface area (Å²) < 4.78 is 2.14. The Balaban J connectivity index is 1.57. The van der Waals surface area contributed by atoms with E-state index in [0.29, 0.717) is 12.5 Å². The van der Waals surface area contributed by atoms with Crippen LogP contribution in [0.4, 0.5) is 0 Å². The third-order valence-electron chi connectivity index (χ3n) is 5.06. The smallest absolute Gasteiger partial charge is 0.227 e. The number of hydrogen-bond donors (Lipinski definition) is 1. The second-order valence-corrected chi connectivity index (χ2v) is 6.85. The van der Waals surface area contributed by atoms with E-state index in [0.717, 1.165) is 36.0 Å². The van der Waals surface area contributed by atoms with Crippen LogP contribution in [0.1, 0.15) is 38.2 Å². The molecule has 1 N–H and O–H groups in total. The number of para-hydroxylation sites is 2. The van der Waals surface area contributed by atoms with E-state index in [1.54, 1.807) is 0 Å². The lowest BCUT2D eigenvalue weighted by Crippen LogP contribution is -2.33. The minimum atomic E-state index is -0.0877. The molecule has 2 atom stereocenters. The number of amides is 1. The zero-order chi connectivity index (χ0) is 18.4. The number of fused-ring (bicyclic) bond motifs is 1. The normalized spacial score (nSPS) is 13.5. The Labute approximate surface area is 155 Å². The van der Waals surface area contributed by atoms with Crippen LogP contribution >= 0.6 is 0 Å². The number of imidazole rings is 1. The predicted molar refractivity (Wildman–Crippen MR) is 106 cm³/mol. The zero-order valence-corrected chi connectivity index (χ0v) is 15.6. The van der Waals surface area contributed by atoms with E-state index in [9.17, 15) is 4.79 Å². The first-order valence-corrected chi connectivity index (χ1v) is 9.43. The van der Waals surface area contributed by atoms with Crippen LogP contribution in [0.25, 0.3) is 11.0 Å². The van der Waals surface area contributed by atoms with Gasteiger partial charge in [-0.05, 0) is 30.0 Å². The summed E-state index contributed by atoms with van der Waals surface area (Å²) in [4.78, 5) is 17.2. The van der Waals surface area contributed by atoms with Crippen LogP contribution in [0.3, 0.4) is 0 Å². The van der Waals surface area contributed by atoms with Gasteiger partial charge in [-0.25, -0.2) is 4.98 Å². The van der Waals surface area contributed by atoms with Gasteiger partial charge in [0.2, 0.25) is 5.91 Å². The number of aromatic nitrogens is 2. The molecule has 2 unspecified atom stereocenters. The molecule has 0 saturated heterocycles. The monoisotopic (exact) mass is 349 g/mol. The number of carbonyl (C=O) groups excluding carboxylic acids is 1. The average Bonchev–Trinajstić information content (AvgIpc) is 3.09. The van der Waals surface area contributed by atoms with E-state index in [-0.39, 0.29) is 11.8 Å². The lowest BCUT2D eigenvalue weighted by molar-refractivity contribution is -0.123. The molecule has 0 aliphatic heterocycles. The van der Waals surface area contributed by atoms with Gasteiger partial charge in [0.1, 0.15) is 0 Å². The van der Waals surface area contributed by atoms with Crippen LogP contribution in [-0.4, -0.2) is 22.0 Å². The molecule has 1 aromatic heterocycles. The second-order valence-electron chi connectivity index (χ2n) is 6.85. The molecule has 1 amide bonds. The molecule has 1 heterocycles. The summed E-state index contributed by atoms with van der Waals surface area (Å²) in [6.45, 7) is 5.80. The van der Waals surface area contributed by atoms with Gasteiger partial charge in [0.15, 0.2) is 0 Å². The van der Waals surface area contributed by atoms with Crippen LogP contribution in [0, 0.1) is 5.92 Å². The molecular weight excluding hydrogens is 322 g/mol. The third-order valence-corrected chi connectivity index (χ3v) is 5.06. The lowest BCUT2D eigenvalue weighted by Gasteiger charge is -2.22. The fraction of sp³-hybridized carbons (Fsp3) is 0.364. The summed E-state index contributed by atoms with van der Waals surface area (Å²) >= 11 is 0. The molecule has 0 aliphatic carbocycles. The van der Waals surface area contributed by atoms with Gasteiger partial charge >= 0.3 is 0 Å². The molecule has 3 rings (SSSR count). The molecule has 0 spiro atoms. The Bertz CT molecular complexity index is 841. The van der Waals surface area contributed by atoms with Gasteiger partial charge in [-0.2, -0.15) is 0 Å². The third kappa shape index (κ3) is 4.13. The molecule has 3 aromatic rings. The van der Waals surface area contributed by atoms with Gasteiger partial charge in [-0.1, -0.05) is 62.7 Å². The Hall–Kier alpha value is -2.62. The summed E-state index contributed by atoms with van der Waals surface area (Å²) in [5.74, 6) is 0.353. The number of carbonyl (C=O) groups is 1. The first-order valence-electron chi connectivity index (χ1n) is 9.43. The highest BCUT2D eigenvalue weighted by molar-refractivity contribution is 5.84. The van der Waals surface area contributed by atoms with Crippen molar-refractivity contribution in [3.8, 4) is 0 Å². The number of benzene rings is 2. The summed E-state index contributed by atoms with van der Waals surface area (Å²) in [5, 5.41) is 3.13. The maximum Gasteiger partial charge on any atom is 0.227 e. The second kappa shape index (κ2) is 8.65. The maximum absolute atomic E-state index is 12.8. The molecule has 0 radical (unpaired) electrons. The number of nitrogens with zero attached hydrogens (tertiary/aromatic N) is 2. The Kier molecular flexibility index (Phi) is 6.05. The van der Waals surface area contributed by atoms with Crippen molar-refractivity contribution in [2.45, 2.75) is 39.2 Å². The number of hydrogen-bond acceptors (Lipinski definition) is 2. The van der Waals surface area contributed by atoms with Crippen LogP contribution in [0.5, 0.6) is 0 Å². The molecular formula is C22H27N3O. The molecule has 4 heteroatoms. The summed E-state index contributed by atoms with van der Waals surface area (Å²) in [6.07, 6.45) is 3.74. The molecule has 26 heavy (non-hydrogen) atoms. The van der Waals surface area contributed by atoms with Crippen molar-refractivity contribution in [2.75, 3.05) is 6.54 Å². The topological polar surface area (TPSA) is 46.9 Å². The van der Waals surface area contributed by atoms with Crippen molar-refractivity contribution in [1.82, 2.24) is 14.9 Å². The van der Waals surface area contributed by atoms with Gasteiger partial charge in [-0.3, -0.25) is 4.79 Å². The van der Waals surface area contributed by atoms with Crippen molar-refractivity contribution < 1.29 is 4.79 Å². The van der Waals surface area contributed by atoms with Gasteiger partial charge in [0.05, 0.1) is 23.3 Å². The van der Waals surface area contributed by atoms with Crippen molar-refractivity contribution in [3.05, 3.63) is 66.5 Å².